The zero-order chi connectivity index (χ0) is 22.9. The van der Waals surface area contributed by atoms with Gasteiger partial charge >= 0.3 is 103 Å². The van der Waals surface area contributed by atoms with E-state index in [1.165, 1.54) is 36.5 Å². The second-order valence-corrected chi connectivity index (χ2v) is 5.50. The molecule has 0 saturated carbocycles. The Kier molecular flexibility index (Phi) is 24.0. The largest absolute Gasteiger partial charge is 1.00 e. The van der Waals surface area contributed by atoms with E-state index < -0.39 is 9.17 Å². The molecular weight excluding hydrogens is 491 g/mol. The second-order valence-electron chi connectivity index (χ2n) is 5.00. The molecule has 2 aromatic rings. The van der Waals surface area contributed by atoms with Gasteiger partial charge in [-0.15, -0.1) is 0 Å². The van der Waals surface area contributed by atoms with Crippen molar-refractivity contribution < 1.29 is 136 Å². The molecule has 0 saturated heterocycles. The van der Waals surface area contributed by atoms with Crippen molar-refractivity contribution in [3.63, 3.8) is 0 Å². The van der Waals surface area contributed by atoms with Crippen molar-refractivity contribution in [2.45, 2.75) is 13.8 Å². The van der Waals surface area contributed by atoms with Crippen LogP contribution in [0.25, 0.3) is 0 Å². The summed E-state index contributed by atoms with van der Waals surface area (Å²) in [4.78, 5) is 70.6. The Morgan fingerprint density at radius 2 is 0.938 bits per heavy atom. The van der Waals surface area contributed by atoms with Gasteiger partial charge in [-0.05, 0) is 49.2 Å². The van der Waals surface area contributed by atoms with Crippen LogP contribution in [0.3, 0.4) is 0 Å². The molecule has 2 rings (SSSR count). The van der Waals surface area contributed by atoms with Crippen molar-refractivity contribution in [3.8, 4) is 0 Å². The molecule has 14 heteroatoms. The van der Waals surface area contributed by atoms with Crippen molar-refractivity contribution >= 4 is 56.2 Å². The third kappa shape index (κ3) is 16.5. The van der Waals surface area contributed by atoms with Crippen LogP contribution in [0, 0.1) is 13.8 Å². The predicted octanol–water partition coefficient (Wildman–Crippen LogP) is -5.01. The van der Waals surface area contributed by atoms with E-state index in [4.69, 9.17) is 14.1 Å². The minimum absolute atomic E-state index is 0. The first-order valence-electron chi connectivity index (χ1n) is 7.69. The predicted molar refractivity (Wildman–Crippen MR) is 99.9 cm³/mol. The zero-order valence-electron chi connectivity index (χ0n) is 17.6. The van der Waals surface area contributed by atoms with Crippen LogP contribution in [0.2, 0.25) is 0 Å². The van der Waals surface area contributed by atoms with E-state index in [1.54, 1.807) is 38.1 Å². The van der Waals surface area contributed by atoms with E-state index in [0.717, 1.165) is 11.1 Å². The molecule has 0 aliphatic carbocycles. The molecule has 0 fully saturated rings. The summed E-state index contributed by atoms with van der Waals surface area (Å²) < 4.78 is 8.52. The zero-order valence-corrected chi connectivity index (χ0v) is 24.9. The van der Waals surface area contributed by atoms with Crippen LogP contribution in [0.5, 0.6) is 0 Å². The van der Waals surface area contributed by atoms with Crippen LogP contribution in [-0.4, -0.2) is 33.5 Å². The molecule has 11 nitrogen and oxygen atoms in total. The summed E-state index contributed by atoms with van der Waals surface area (Å²) in [5.41, 5.74) is 3.43. The van der Waals surface area contributed by atoms with Crippen molar-refractivity contribution in [2.75, 3.05) is 0 Å². The van der Waals surface area contributed by atoms with E-state index in [9.17, 15) is 19.2 Å². The Hall–Kier alpha value is -1.15. The molecule has 0 spiro atoms. The summed E-state index contributed by atoms with van der Waals surface area (Å²) in [7, 11) is -3.63. The van der Waals surface area contributed by atoms with E-state index in [0.29, 0.717) is 22.7 Å². The maximum absolute atomic E-state index is 10.00. The normalized spacial score (nSPS) is 7.56. The van der Waals surface area contributed by atoms with Crippen molar-refractivity contribution in [1.82, 2.24) is 0 Å². The second kappa shape index (κ2) is 21.7. The molecule has 0 amide bonds. The third-order valence-corrected chi connectivity index (χ3v) is 3.07. The Morgan fingerprint density at radius 3 is 1.19 bits per heavy atom. The first kappa shape index (κ1) is 35.4. The summed E-state index contributed by atoms with van der Waals surface area (Å²) in [6.07, 6.45) is 5.67. The fourth-order valence-corrected chi connectivity index (χ4v) is 1.78. The molecule has 152 valence electrons. The summed E-state index contributed by atoms with van der Waals surface area (Å²) in [6.45, 7) is 3.59. The molecule has 0 heterocycles. The fourth-order valence-electron chi connectivity index (χ4n) is 1.78. The molecule has 0 unspecified atom stereocenters. The molecular formula is C18H12K2N4O7Si. The van der Waals surface area contributed by atoms with Gasteiger partial charge in [0.2, 0.25) is 24.3 Å². The van der Waals surface area contributed by atoms with E-state index in [1.807, 2.05) is 0 Å². The van der Waals surface area contributed by atoms with Gasteiger partial charge in [0, 0.05) is 9.17 Å². The number of nitrogens with zero attached hydrogens (tertiary/aromatic N) is 4. The van der Waals surface area contributed by atoms with E-state index >= 15 is 0 Å². The average molecular weight is 503 g/mol. The van der Waals surface area contributed by atoms with Crippen molar-refractivity contribution in [3.05, 3.63) is 47.5 Å². The minimum Gasteiger partial charge on any atom is -0.672 e. The van der Waals surface area contributed by atoms with E-state index in [-0.39, 0.29) is 103 Å². The van der Waals surface area contributed by atoms with Gasteiger partial charge < -0.3 is 14.1 Å². The van der Waals surface area contributed by atoms with Gasteiger partial charge in [0.25, 0.3) is 0 Å². The first-order chi connectivity index (χ1) is 14.3. The Labute approximate surface area is 269 Å². The first-order valence-corrected chi connectivity index (χ1v) is 8.92. The van der Waals surface area contributed by atoms with Gasteiger partial charge in [-0.1, -0.05) is 12.1 Å². The summed E-state index contributed by atoms with van der Waals surface area (Å²) in [5.74, 6) is 0. The quantitative estimate of drug-likeness (QED) is 0.228. The molecule has 0 aliphatic rings. The molecule has 0 bridgehead atoms. The van der Waals surface area contributed by atoms with Crippen LogP contribution in [-0.2, 0) is 23.6 Å². The van der Waals surface area contributed by atoms with Gasteiger partial charge in [0.1, 0.15) is 0 Å². The third-order valence-electron chi connectivity index (χ3n) is 3.07. The van der Waals surface area contributed by atoms with Crippen LogP contribution in [0.4, 0.5) is 22.7 Å². The van der Waals surface area contributed by atoms with Crippen LogP contribution < -0.4 is 112 Å². The number of aliphatic imine (C=N–C) groups is 4. The summed E-state index contributed by atoms with van der Waals surface area (Å²) >= 11 is 0. The molecule has 0 atom stereocenters. The Morgan fingerprint density at radius 1 is 0.656 bits per heavy atom. The number of rotatable bonds is 4. The van der Waals surface area contributed by atoms with Crippen LogP contribution in [0.15, 0.2) is 56.4 Å². The van der Waals surface area contributed by atoms with Gasteiger partial charge in [-0.2, -0.15) is 20.0 Å². The molecule has 0 radical (unpaired) electrons. The van der Waals surface area contributed by atoms with Gasteiger partial charge in [-0.25, -0.2) is 19.2 Å². The standard InChI is InChI=1S/2C9H6N2O2.2K.O3Si/c2*1-7-2-3-8(10-5-12)4-9(7)11-6-13;;;1-4(2)3/h2*2-4H,1H3;;;/q;;2*+1;-2. The number of hydrogen-bond acceptors (Lipinski definition) is 11. The summed E-state index contributed by atoms with van der Waals surface area (Å²) in [6, 6.07) is 9.75. The van der Waals surface area contributed by atoms with E-state index in [2.05, 4.69) is 20.0 Å². The Balaban J connectivity index is -0.000000428. The maximum Gasteiger partial charge on any atom is 1.00 e. The molecule has 32 heavy (non-hydrogen) atoms. The minimum atomic E-state index is -3.63. The smallest absolute Gasteiger partial charge is 0.672 e. The number of hydrogen-bond donors (Lipinski definition) is 0. The van der Waals surface area contributed by atoms with Crippen molar-refractivity contribution in [2.24, 2.45) is 20.0 Å². The molecule has 0 N–H and O–H groups in total. The molecule has 0 aliphatic heterocycles. The number of isocyanates is 4. The van der Waals surface area contributed by atoms with Crippen LogP contribution >= 0.6 is 0 Å². The summed E-state index contributed by atoms with van der Waals surface area (Å²) in [5, 5.41) is 0. The van der Waals surface area contributed by atoms with Crippen molar-refractivity contribution in [1.29, 1.82) is 0 Å². The van der Waals surface area contributed by atoms with Gasteiger partial charge in [0.05, 0.1) is 22.7 Å². The monoisotopic (exact) mass is 502 g/mol. The average Bonchev–Trinajstić information content (AvgIpc) is 2.68. The Bertz CT molecular complexity index is 1020. The fraction of sp³-hybridized carbons (Fsp3) is 0.111. The number of carbonyl (C=O) groups excluding carboxylic acids is 4. The number of aryl methyl sites for hydroxylation is 2. The van der Waals surface area contributed by atoms with Crippen LogP contribution in [0.1, 0.15) is 11.1 Å². The molecule has 2 aromatic carbocycles. The molecule has 0 aromatic heterocycles. The topological polar surface area (TPSA) is 181 Å². The SMILES string of the molecule is Cc1ccc(N=C=O)cc1N=C=O.Cc1ccc(N=C=O)cc1N=C=O.O=[Si]([O-])[O-].[K+].[K+]. The van der Waals surface area contributed by atoms with Gasteiger partial charge in [-0.3, -0.25) is 0 Å². The van der Waals surface area contributed by atoms with Gasteiger partial charge in [0.15, 0.2) is 0 Å². The maximum atomic E-state index is 10.00. The number of benzene rings is 2.